The highest BCUT2D eigenvalue weighted by molar-refractivity contribution is 5.69. The average molecular weight is 375 g/mol. The zero-order valence-electron chi connectivity index (χ0n) is 18.3. The van der Waals surface area contributed by atoms with Crippen LogP contribution in [0.1, 0.15) is 97.8 Å². The van der Waals surface area contributed by atoms with Gasteiger partial charge in [0.15, 0.2) is 0 Å². The lowest BCUT2D eigenvalue weighted by atomic mass is 9.44. The van der Waals surface area contributed by atoms with Crippen molar-refractivity contribution in [3.63, 3.8) is 0 Å². The summed E-state index contributed by atoms with van der Waals surface area (Å²) in [5, 5.41) is 0. The standard InChI is InChI=1S/C25H42O2/c1-17(8-13-23(26)27-4)20-11-12-21-19-10-9-18-7-5-6-15-24(18,2)22(19)14-16-25(20,21)3/h17-22H,5-16H2,1-4H3/t17-,18+,19+,20?,21?,22?,24+,25-/m1/s1. The van der Waals surface area contributed by atoms with E-state index in [1.807, 2.05) is 0 Å². The minimum atomic E-state index is -0.0335. The maximum absolute atomic E-state index is 11.6. The van der Waals surface area contributed by atoms with E-state index in [1.165, 1.54) is 71.3 Å². The van der Waals surface area contributed by atoms with Crippen LogP contribution in [0.3, 0.4) is 0 Å². The van der Waals surface area contributed by atoms with Crippen LogP contribution in [0.15, 0.2) is 0 Å². The molecule has 0 saturated heterocycles. The molecule has 4 fully saturated rings. The molecule has 154 valence electrons. The molecule has 27 heavy (non-hydrogen) atoms. The second-order valence-corrected chi connectivity index (χ2v) is 11.2. The van der Waals surface area contributed by atoms with Crippen LogP contribution in [0.4, 0.5) is 0 Å². The second kappa shape index (κ2) is 7.38. The minimum absolute atomic E-state index is 0.0335. The normalized spacial score (nSPS) is 47.5. The lowest BCUT2D eigenvalue weighted by Gasteiger charge is -2.61. The smallest absolute Gasteiger partial charge is 0.305 e. The zero-order valence-corrected chi connectivity index (χ0v) is 18.3. The molecule has 0 aromatic carbocycles. The van der Waals surface area contributed by atoms with Gasteiger partial charge in [-0.3, -0.25) is 4.79 Å². The van der Waals surface area contributed by atoms with E-state index in [9.17, 15) is 4.79 Å². The van der Waals surface area contributed by atoms with Crippen LogP contribution >= 0.6 is 0 Å². The molecule has 2 nitrogen and oxygen atoms in total. The van der Waals surface area contributed by atoms with E-state index >= 15 is 0 Å². The van der Waals surface area contributed by atoms with Crippen molar-refractivity contribution in [2.75, 3.05) is 7.11 Å². The molecule has 0 aliphatic heterocycles. The largest absolute Gasteiger partial charge is 0.469 e. The van der Waals surface area contributed by atoms with Crippen LogP contribution in [-0.2, 0) is 9.53 Å². The highest BCUT2D eigenvalue weighted by Gasteiger charge is 2.60. The average Bonchev–Trinajstić information content (AvgIpc) is 3.02. The van der Waals surface area contributed by atoms with Crippen LogP contribution in [0.2, 0.25) is 0 Å². The van der Waals surface area contributed by atoms with Crippen LogP contribution in [0, 0.1) is 46.3 Å². The number of fused-ring (bicyclic) bond motifs is 5. The molecule has 0 radical (unpaired) electrons. The molecule has 4 saturated carbocycles. The summed E-state index contributed by atoms with van der Waals surface area (Å²) in [5.74, 6) is 5.38. The molecular formula is C25H42O2. The van der Waals surface area contributed by atoms with E-state index in [1.54, 1.807) is 0 Å². The SMILES string of the molecule is COC(=O)CC[C@@H](C)C1CCC2[C@@H]3CC[C@@H]4CCCC[C@]4(C)C3CC[C@@]21C. The quantitative estimate of drug-likeness (QED) is 0.517. The summed E-state index contributed by atoms with van der Waals surface area (Å²) in [7, 11) is 1.52. The fourth-order valence-electron chi connectivity index (χ4n) is 8.92. The molecule has 0 amide bonds. The molecule has 4 aliphatic rings. The number of hydrogen-bond donors (Lipinski definition) is 0. The van der Waals surface area contributed by atoms with Gasteiger partial charge in [-0.15, -0.1) is 0 Å². The molecule has 0 heterocycles. The van der Waals surface area contributed by atoms with Gasteiger partial charge in [-0.1, -0.05) is 33.6 Å². The second-order valence-electron chi connectivity index (χ2n) is 11.2. The number of esters is 1. The molecule has 4 aliphatic carbocycles. The highest BCUT2D eigenvalue weighted by Crippen LogP contribution is 2.68. The van der Waals surface area contributed by atoms with E-state index in [0.717, 1.165) is 36.0 Å². The fraction of sp³-hybridized carbons (Fsp3) is 0.960. The van der Waals surface area contributed by atoms with Crippen molar-refractivity contribution in [3.05, 3.63) is 0 Å². The first-order valence-corrected chi connectivity index (χ1v) is 12.0. The van der Waals surface area contributed by atoms with E-state index in [2.05, 4.69) is 20.8 Å². The number of carbonyl (C=O) groups excluding carboxylic acids is 1. The molecule has 2 heteroatoms. The predicted octanol–water partition coefficient (Wildman–Crippen LogP) is 6.62. The molecule has 0 aromatic heterocycles. The maximum atomic E-state index is 11.6. The van der Waals surface area contributed by atoms with Crippen LogP contribution < -0.4 is 0 Å². The Labute approximate surface area is 167 Å². The maximum Gasteiger partial charge on any atom is 0.305 e. The number of rotatable bonds is 4. The summed E-state index contributed by atoms with van der Waals surface area (Å²) >= 11 is 0. The third-order valence-corrected chi connectivity index (χ3v) is 10.4. The lowest BCUT2D eigenvalue weighted by Crippen LogP contribution is -2.53. The Kier molecular flexibility index (Phi) is 5.40. The fourth-order valence-corrected chi connectivity index (χ4v) is 8.92. The first-order valence-electron chi connectivity index (χ1n) is 12.0. The molecular weight excluding hydrogens is 332 g/mol. The van der Waals surface area contributed by atoms with Gasteiger partial charge in [0.05, 0.1) is 7.11 Å². The summed E-state index contributed by atoms with van der Waals surface area (Å²) in [5.41, 5.74) is 1.17. The van der Waals surface area contributed by atoms with Crippen LogP contribution in [-0.4, -0.2) is 13.1 Å². The summed E-state index contributed by atoms with van der Waals surface area (Å²) in [6, 6.07) is 0. The topological polar surface area (TPSA) is 26.3 Å². The predicted molar refractivity (Wildman–Crippen MR) is 110 cm³/mol. The summed E-state index contributed by atoms with van der Waals surface area (Å²) in [6.07, 6.45) is 16.4. The van der Waals surface area contributed by atoms with E-state index in [4.69, 9.17) is 4.74 Å². The Bertz CT molecular complexity index is 557. The van der Waals surface area contributed by atoms with E-state index in [0.29, 0.717) is 23.2 Å². The first-order chi connectivity index (χ1) is 12.9. The van der Waals surface area contributed by atoms with Gasteiger partial charge in [-0.05, 0) is 104 Å². The van der Waals surface area contributed by atoms with Gasteiger partial charge >= 0.3 is 5.97 Å². The molecule has 0 spiro atoms. The minimum Gasteiger partial charge on any atom is -0.469 e. The van der Waals surface area contributed by atoms with Gasteiger partial charge in [-0.2, -0.15) is 0 Å². The summed E-state index contributed by atoms with van der Waals surface area (Å²) < 4.78 is 4.89. The van der Waals surface area contributed by atoms with Gasteiger partial charge in [0, 0.05) is 6.42 Å². The number of hydrogen-bond acceptors (Lipinski definition) is 2. The first kappa shape index (κ1) is 19.8. The van der Waals surface area contributed by atoms with Crippen molar-refractivity contribution < 1.29 is 9.53 Å². The van der Waals surface area contributed by atoms with Crippen molar-refractivity contribution in [1.29, 1.82) is 0 Å². The lowest BCUT2D eigenvalue weighted by molar-refractivity contribution is -0.141. The van der Waals surface area contributed by atoms with E-state index in [-0.39, 0.29) is 5.97 Å². The van der Waals surface area contributed by atoms with Crippen molar-refractivity contribution in [1.82, 2.24) is 0 Å². The van der Waals surface area contributed by atoms with Gasteiger partial charge in [-0.25, -0.2) is 0 Å². The third kappa shape index (κ3) is 3.18. The Morgan fingerprint density at radius 2 is 1.74 bits per heavy atom. The Morgan fingerprint density at radius 3 is 2.52 bits per heavy atom. The van der Waals surface area contributed by atoms with Crippen LogP contribution in [0.5, 0.6) is 0 Å². The zero-order chi connectivity index (χ0) is 19.2. The van der Waals surface area contributed by atoms with Gasteiger partial charge in [0.2, 0.25) is 0 Å². The molecule has 0 N–H and O–H groups in total. The van der Waals surface area contributed by atoms with Crippen molar-refractivity contribution in [3.8, 4) is 0 Å². The monoisotopic (exact) mass is 374 g/mol. The van der Waals surface area contributed by atoms with Crippen molar-refractivity contribution in [2.24, 2.45) is 46.3 Å². The molecule has 3 unspecified atom stereocenters. The van der Waals surface area contributed by atoms with E-state index < -0.39 is 0 Å². The Morgan fingerprint density at radius 1 is 0.963 bits per heavy atom. The van der Waals surface area contributed by atoms with Gasteiger partial charge in [0.25, 0.3) is 0 Å². The van der Waals surface area contributed by atoms with Crippen molar-refractivity contribution >= 4 is 5.97 Å². The number of ether oxygens (including phenoxy) is 1. The van der Waals surface area contributed by atoms with Crippen molar-refractivity contribution in [2.45, 2.75) is 97.8 Å². The highest BCUT2D eigenvalue weighted by atomic mass is 16.5. The summed E-state index contributed by atoms with van der Waals surface area (Å²) in [6.45, 7) is 7.73. The molecule has 0 bridgehead atoms. The number of methoxy groups -OCH3 is 1. The molecule has 4 rings (SSSR count). The van der Waals surface area contributed by atoms with Gasteiger partial charge < -0.3 is 4.74 Å². The number of carbonyl (C=O) groups is 1. The third-order valence-electron chi connectivity index (χ3n) is 10.4. The molecule has 8 atom stereocenters. The van der Waals surface area contributed by atoms with Crippen LogP contribution in [0.25, 0.3) is 0 Å². The Hall–Kier alpha value is -0.530. The summed E-state index contributed by atoms with van der Waals surface area (Å²) in [4.78, 5) is 11.6. The molecule has 0 aromatic rings. The van der Waals surface area contributed by atoms with Gasteiger partial charge in [0.1, 0.15) is 0 Å². The Balaban J connectivity index is 1.49.